The van der Waals surface area contributed by atoms with Gasteiger partial charge in [-0.05, 0) is 48.4 Å². The molecule has 1 N–H and O–H groups in total. The second-order valence-corrected chi connectivity index (χ2v) is 6.64. The molecule has 3 rings (SSSR count). The highest BCUT2D eigenvalue weighted by Gasteiger charge is 2.15. The molecule has 0 saturated carbocycles. The van der Waals surface area contributed by atoms with Crippen molar-refractivity contribution in [1.29, 1.82) is 5.26 Å². The molecule has 1 aromatic heterocycles. The van der Waals surface area contributed by atoms with Crippen LogP contribution in [0.3, 0.4) is 0 Å². The topological polar surface area (TPSA) is 67.2 Å². The van der Waals surface area contributed by atoms with Gasteiger partial charge in [0.25, 0.3) is 0 Å². The molecule has 0 aliphatic rings. The van der Waals surface area contributed by atoms with Crippen LogP contribution in [-0.2, 0) is 6.54 Å². The summed E-state index contributed by atoms with van der Waals surface area (Å²) in [5.41, 5.74) is 3.92. The van der Waals surface area contributed by atoms with Gasteiger partial charge in [-0.2, -0.15) is 5.26 Å². The van der Waals surface area contributed by atoms with Crippen molar-refractivity contribution in [3.8, 4) is 28.7 Å². The van der Waals surface area contributed by atoms with Crippen LogP contribution in [0.2, 0.25) is 5.02 Å². The van der Waals surface area contributed by atoms with Crippen LogP contribution in [-0.4, -0.2) is 19.2 Å². The van der Waals surface area contributed by atoms with Gasteiger partial charge in [0.15, 0.2) is 11.5 Å². The summed E-state index contributed by atoms with van der Waals surface area (Å²) in [6, 6.07) is 17.3. The number of rotatable bonds is 6. The third-order valence-corrected chi connectivity index (χ3v) is 4.54. The predicted molar refractivity (Wildman–Crippen MR) is 111 cm³/mol. The maximum atomic E-state index is 9.81. The molecule has 0 aliphatic carbocycles. The van der Waals surface area contributed by atoms with E-state index in [0.717, 1.165) is 22.4 Å². The lowest BCUT2D eigenvalue weighted by Crippen LogP contribution is -2.06. The lowest BCUT2D eigenvalue weighted by atomic mass is 9.99. The van der Waals surface area contributed by atoms with Crippen molar-refractivity contribution in [2.75, 3.05) is 19.5 Å². The number of pyridine rings is 1. The Morgan fingerprint density at radius 2 is 1.86 bits per heavy atom. The van der Waals surface area contributed by atoms with E-state index in [1.165, 1.54) is 0 Å². The second-order valence-electron chi connectivity index (χ2n) is 6.20. The summed E-state index contributed by atoms with van der Waals surface area (Å²) in [4.78, 5) is 4.52. The van der Waals surface area contributed by atoms with Gasteiger partial charge in [0.2, 0.25) is 0 Å². The van der Waals surface area contributed by atoms with Crippen LogP contribution in [0, 0.1) is 18.3 Å². The maximum Gasteiger partial charge on any atom is 0.161 e. The number of aryl methyl sites for hydroxylation is 1. The van der Waals surface area contributed by atoms with Gasteiger partial charge in [-0.15, -0.1) is 0 Å². The quantitative estimate of drug-likeness (QED) is 0.622. The van der Waals surface area contributed by atoms with Crippen molar-refractivity contribution < 1.29 is 9.47 Å². The van der Waals surface area contributed by atoms with Gasteiger partial charge < -0.3 is 14.8 Å². The normalized spacial score (nSPS) is 10.2. The number of nitriles is 1. The zero-order valence-electron chi connectivity index (χ0n) is 15.9. The molecular weight excluding hydrogens is 374 g/mol. The molecule has 0 saturated heterocycles. The van der Waals surface area contributed by atoms with Crippen LogP contribution in [0.25, 0.3) is 11.1 Å². The summed E-state index contributed by atoms with van der Waals surface area (Å²) in [6.45, 7) is 2.41. The van der Waals surface area contributed by atoms with Crippen LogP contribution in [0.4, 0.5) is 5.82 Å². The Hall–Kier alpha value is -3.23. The van der Waals surface area contributed by atoms with E-state index in [2.05, 4.69) is 16.4 Å². The molecule has 3 aromatic rings. The van der Waals surface area contributed by atoms with Crippen molar-refractivity contribution in [2.45, 2.75) is 13.5 Å². The van der Waals surface area contributed by atoms with E-state index in [1.54, 1.807) is 14.2 Å². The molecule has 0 unspecified atom stereocenters. The van der Waals surface area contributed by atoms with Crippen LogP contribution >= 0.6 is 11.6 Å². The number of ether oxygens (including phenoxy) is 2. The number of nitrogens with zero attached hydrogens (tertiary/aromatic N) is 2. The maximum absolute atomic E-state index is 9.81. The first-order valence-electron chi connectivity index (χ1n) is 8.68. The second kappa shape index (κ2) is 8.64. The fourth-order valence-electron chi connectivity index (χ4n) is 2.98. The summed E-state index contributed by atoms with van der Waals surface area (Å²) in [7, 11) is 3.18. The first kappa shape index (κ1) is 19.5. The lowest BCUT2D eigenvalue weighted by Gasteiger charge is -2.14. The Morgan fingerprint density at radius 3 is 2.54 bits per heavy atom. The van der Waals surface area contributed by atoms with Gasteiger partial charge in [0.1, 0.15) is 17.5 Å². The molecule has 0 fully saturated rings. The number of hydrogen-bond acceptors (Lipinski definition) is 5. The average Bonchev–Trinajstić information content (AvgIpc) is 2.71. The minimum absolute atomic E-state index is 0.472. The molecule has 28 heavy (non-hydrogen) atoms. The van der Waals surface area contributed by atoms with E-state index in [-0.39, 0.29) is 0 Å². The van der Waals surface area contributed by atoms with Crippen LogP contribution in [0.15, 0.2) is 48.5 Å². The van der Waals surface area contributed by atoms with Crippen LogP contribution < -0.4 is 14.8 Å². The summed E-state index contributed by atoms with van der Waals surface area (Å²) < 4.78 is 10.7. The third-order valence-electron chi connectivity index (χ3n) is 4.30. The third kappa shape index (κ3) is 4.19. The number of hydrogen-bond donors (Lipinski definition) is 1. The first-order chi connectivity index (χ1) is 13.5. The molecular formula is C22H20ClN3O2. The Labute approximate surface area is 169 Å². The van der Waals surface area contributed by atoms with Gasteiger partial charge >= 0.3 is 0 Å². The Bertz CT molecular complexity index is 1040. The fourth-order valence-corrected chi connectivity index (χ4v) is 3.19. The number of nitrogens with one attached hydrogen (secondary N) is 1. The zero-order valence-corrected chi connectivity index (χ0v) is 16.7. The number of methoxy groups -OCH3 is 2. The summed E-state index contributed by atoms with van der Waals surface area (Å²) >= 11 is 6.05. The Balaban J connectivity index is 2.00. The molecule has 0 aliphatic heterocycles. The smallest absolute Gasteiger partial charge is 0.161 e. The number of aromatic nitrogens is 1. The van der Waals surface area contributed by atoms with E-state index in [0.29, 0.717) is 34.4 Å². The van der Waals surface area contributed by atoms with E-state index in [9.17, 15) is 5.26 Å². The molecule has 142 valence electrons. The van der Waals surface area contributed by atoms with Gasteiger partial charge in [0, 0.05) is 22.8 Å². The van der Waals surface area contributed by atoms with Gasteiger partial charge in [-0.25, -0.2) is 4.98 Å². The monoisotopic (exact) mass is 393 g/mol. The largest absolute Gasteiger partial charge is 0.493 e. The van der Waals surface area contributed by atoms with Gasteiger partial charge in [0.05, 0.1) is 14.2 Å². The van der Waals surface area contributed by atoms with Crippen molar-refractivity contribution >= 4 is 17.4 Å². The number of benzene rings is 2. The highest BCUT2D eigenvalue weighted by Crippen LogP contribution is 2.35. The average molecular weight is 394 g/mol. The summed E-state index contributed by atoms with van der Waals surface area (Å²) in [5, 5.41) is 13.7. The highest BCUT2D eigenvalue weighted by atomic mass is 35.5. The van der Waals surface area contributed by atoms with Crippen molar-refractivity contribution in [3.05, 3.63) is 70.4 Å². The van der Waals surface area contributed by atoms with E-state index < -0.39 is 0 Å². The number of halogens is 1. The minimum atomic E-state index is 0.472. The van der Waals surface area contributed by atoms with Crippen LogP contribution in [0.5, 0.6) is 11.5 Å². The molecule has 0 atom stereocenters. The number of anilines is 1. The minimum Gasteiger partial charge on any atom is -0.493 e. The lowest BCUT2D eigenvalue weighted by molar-refractivity contribution is 0.355. The zero-order chi connectivity index (χ0) is 20.1. The van der Waals surface area contributed by atoms with Crippen molar-refractivity contribution in [1.82, 2.24) is 4.98 Å². The Morgan fingerprint density at radius 1 is 1.07 bits per heavy atom. The molecule has 0 amide bonds. The molecule has 6 heteroatoms. The van der Waals surface area contributed by atoms with E-state index in [4.69, 9.17) is 21.1 Å². The molecule has 1 heterocycles. The summed E-state index contributed by atoms with van der Waals surface area (Å²) in [5.74, 6) is 1.77. The van der Waals surface area contributed by atoms with Crippen LogP contribution in [0.1, 0.15) is 16.8 Å². The molecule has 2 aromatic carbocycles. The van der Waals surface area contributed by atoms with Crippen molar-refractivity contribution in [2.24, 2.45) is 0 Å². The fraction of sp³-hybridized carbons (Fsp3) is 0.182. The highest BCUT2D eigenvalue weighted by molar-refractivity contribution is 6.30. The summed E-state index contributed by atoms with van der Waals surface area (Å²) in [6.07, 6.45) is 0. The SMILES string of the molecule is COc1ccc(-c2cc(C)nc(NCc3cccc(Cl)c3)c2C#N)cc1OC. The predicted octanol–water partition coefficient (Wildman–Crippen LogP) is 5.21. The molecule has 5 nitrogen and oxygen atoms in total. The standard InChI is InChI=1S/C22H20ClN3O2/c1-14-9-18(16-7-8-20(27-2)21(11-16)28-3)19(12-24)22(26-14)25-13-15-5-4-6-17(23)10-15/h4-11H,13H2,1-3H3,(H,25,26). The first-order valence-corrected chi connectivity index (χ1v) is 9.06. The Kier molecular flexibility index (Phi) is 6.03. The molecule has 0 bridgehead atoms. The molecule has 0 radical (unpaired) electrons. The van der Waals surface area contributed by atoms with E-state index >= 15 is 0 Å². The molecule has 0 spiro atoms. The van der Waals surface area contributed by atoms with Gasteiger partial charge in [-0.1, -0.05) is 29.8 Å². The van der Waals surface area contributed by atoms with Crippen molar-refractivity contribution in [3.63, 3.8) is 0 Å². The van der Waals surface area contributed by atoms with Gasteiger partial charge in [-0.3, -0.25) is 0 Å². The van der Waals surface area contributed by atoms with E-state index in [1.807, 2.05) is 55.5 Å².